The maximum atomic E-state index is 10.3. The van der Waals surface area contributed by atoms with Crippen LogP contribution in [0.25, 0.3) is 0 Å². The van der Waals surface area contributed by atoms with Crippen molar-refractivity contribution in [2.45, 2.75) is 19.3 Å². The standard InChI is InChI=1S/C11H14N2O2/c14-11-8-9(4-5-10(11)12-15)13-6-2-1-3-7-13/h4-5,8,14H,1-3,6-7H2. The van der Waals surface area contributed by atoms with E-state index in [2.05, 4.69) is 10.1 Å². The quantitative estimate of drug-likeness (QED) is 0.757. The van der Waals surface area contributed by atoms with Gasteiger partial charge < -0.3 is 10.0 Å². The molecule has 0 unspecified atom stereocenters. The lowest BCUT2D eigenvalue weighted by Crippen LogP contribution is -2.29. The van der Waals surface area contributed by atoms with Gasteiger partial charge in [-0.3, -0.25) is 0 Å². The van der Waals surface area contributed by atoms with Crippen molar-refractivity contribution in [3.05, 3.63) is 23.1 Å². The van der Waals surface area contributed by atoms with Crippen molar-refractivity contribution in [3.63, 3.8) is 0 Å². The van der Waals surface area contributed by atoms with Crippen LogP contribution in [0.2, 0.25) is 0 Å². The van der Waals surface area contributed by atoms with Gasteiger partial charge in [0, 0.05) is 24.8 Å². The van der Waals surface area contributed by atoms with Gasteiger partial charge in [0.1, 0.15) is 11.4 Å². The number of aromatic hydroxyl groups is 1. The second-order valence-corrected chi connectivity index (χ2v) is 3.81. The number of nitroso groups, excluding NO2 is 1. The summed E-state index contributed by atoms with van der Waals surface area (Å²) in [4.78, 5) is 12.5. The van der Waals surface area contributed by atoms with Crippen molar-refractivity contribution in [2.24, 2.45) is 5.18 Å². The maximum Gasteiger partial charge on any atom is 0.149 e. The molecule has 1 aliphatic rings. The van der Waals surface area contributed by atoms with E-state index in [4.69, 9.17) is 0 Å². The summed E-state index contributed by atoms with van der Waals surface area (Å²) < 4.78 is 0. The van der Waals surface area contributed by atoms with Crippen molar-refractivity contribution in [1.82, 2.24) is 0 Å². The van der Waals surface area contributed by atoms with E-state index >= 15 is 0 Å². The van der Waals surface area contributed by atoms with E-state index in [-0.39, 0.29) is 11.4 Å². The molecule has 80 valence electrons. The smallest absolute Gasteiger partial charge is 0.149 e. The van der Waals surface area contributed by atoms with Crippen LogP contribution in [-0.2, 0) is 0 Å². The van der Waals surface area contributed by atoms with Gasteiger partial charge in [-0.15, -0.1) is 4.91 Å². The van der Waals surface area contributed by atoms with Crippen LogP contribution in [0.5, 0.6) is 5.75 Å². The van der Waals surface area contributed by atoms with Gasteiger partial charge in [-0.25, -0.2) is 0 Å². The molecule has 0 atom stereocenters. The van der Waals surface area contributed by atoms with Crippen LogP contribution in [0, 0.1) is 4.91 Å². The third-order valence-corrected chi connectivity index (χ3v) is 2.78. The molecular formula is C11H14N2O2. The van der Waals surface area contributed by atoms with Crippen molar-refractivity contribution < 1.29 is 5.11 Å². The van der Waals surface area contributed by atoms with E-state index in [9.17, 15) is 10.0 Å². The van der Waals surface area contributed by atoms with Crippen LogP contribution in [0.3, 0.4) is 0 Å². The number of phenolic OH excluding ortho intramolecular Hbond substituents is 1. The maximum absolute atomic E-state index is 10.3. The Morgan fingerprint density at radius 1 is 1.20 bits per heavy atom. The molecule has 1 N–H and O–H groups in total. The van der Waals surface area contributed by atoms with Crippen LogP contribution in [0.4, 0.5) is 11.4 Å². The Bertz CT molecular complexity index is 360. The molecule has 2 rings (SSSR count). The van der Waals surface area contributed by atoms with Gasteiger partial charge in [0.15, 0.2) is 0 Å². The van der Waals surface area contributed by atoms with Gasteiger partial charge in [-0.2, -0.15) is 0 Å². The summed E-state index contributed by atoms with van der Waals surface area (Å²) in [7, 11) is 0. The fraction of sp³-hybridized carbons (Fsp3) is 0.455. The van der Waals surface area contributed by atoms with Crippen molar-refractivity contribution in [3.8, 4) is 5.75 Å². The fourth-order valence-corrected chi connectivity index (χ4v) is 1.94. The topological polar surface area (TPSA) is 52.9 Å². The summed E-state index contributed by atoms with van der Waals surface area (Å²) in [6.07, 6.45) is 3.65. The zero-order chi connectivity index (χ0) is 10.7. The summed E-state index contributed by atoms with van der Waals surface area (Å²) in [6, 6.07) is 5.01. The van der Waals surface area contributed by atoms with Crippen LogP contribution >= 0.6 is 0 Å². The molecule has 0 aliphatic carbocycles. The Labute approximate surface area is 88.5 Å². The molecule has 1 aliphatic heterocycles. The molecule has 0 radical (unpaired) electrons. The van der Waals surface area contributed by atoms with E-state index in [0.717, 1.165) is 18.8 Å². The van der Waals surface area contributed by atoms with Crippen molar-refractivity contribution in [1.29, 1.82) is 0 Å². The number of nitrogens with zero attached hydrogens (tertiary/aromatic N) is 2. The predicted octanol–water partition coefficient (Wildman–Crippen LogP) is 2.78. The second kappa shape index (κ2) is 4.29. The summed E-state index contributed by atoms with van der Waals surface area (Å²) in [6.45, 7) is 2.04. The molecule has 0 amide bonds. The van der Waals surface area contributed by atoms with E-state index in [1.165, 1.54) is 19.3 Å². The van der Waals surface area contributed by atoms with Crippen LogP contribution in [0.1, 0.15) is 19.3 Å². The Hall–Kier alpha value is -1.58. The zero-order valence-electron chi connectivity index (χ0n) is 8.52. The summed E-state index contributed by atoms with van der Waals surface area (Å²) in [5.41, 5.74) is 1.08. The van der Waals surface area contributed by atoms with Gasteiger partial charge >= 0.3 is 0 Å². The van der Waals surface area contributed by atoms with E-state index in [1.54, 1.807) is 12.1 Å². The zero-order valence-corrected chi connectivity index (χ0v) is 8.52. The Balaban J connectivity index is 2.21. The monoisotopic (exact) mass is 206 g/mol. The number of anilines is 1. The number of rotatable bonds is 2. The lowest BCUT2D eigenvalue weighted by atomic mass is 10.1. The van der Waals surface area contributed by atoms with Gasteiger partial charge in [0.05, 0.1) is 0 Å². The number of benzene rings is 1. The highest BCUT2D eigenvalue weighted by Crippen LogP contribution is 2.31. The average Bonchev–Trinajstić information content (AvgIpc) is 2.30. The minimum Gasteiger partial charge on any atom is -0.505 e. The molecular weight excluding hydrogens is 192 g/mol. The number of hydrogen-bond donors (Lipinski definition) is 1. The molecule has 0 spiro atoms. The lowest BCUT2D eigenvalue weighted by Gasteiger charge is -2.28. The van der Waals surface area contributed by atoms with E-state index in [0.29, 0.717) is 0 Å². The van der Waals surface area contributed by atoms with Gasteiger partial charge in [-0.05, 0) is 36.6 Å². The third-order valence-electron chi connectivity index (χ3n) is 2.78. The summed E-state index contributed by atoms with van der Waals surface area (Å²) in [5.74, 6) is -0.0342. The Morgan fingerprint density at radius 3 is 2.53 bits per heavy atom. The van der Waals surface area contributed by atoms with Crippen LogP contribution in [0.15, 0.2) is 23.4 Å². The summed E-state index contributed by atoms with van der Waals surface area (Å²) >= 11 is 0. The third kappa shape index (κ3) is 2.09. The fourth-order valence-electron chi connectivity index (χ4n) is 1.94. The molecule has 0 aromatic heterocycles. The molecule has 1 heterocycles. The molecule has 0 bridgehead atoms. The molecule has 1 saturated heterocycles. The van der Waals surface area contributed by atoms with E-state index < -0.39 is 0 Å². The van der Waals surface area contributed by atoms with Crippen LogP contribution < -0.4 is 4.90 Å². The first-order valence-corrected chi connectivity index (χ1v) is 5.22. The molecule has 1 fully saturated rings. The van der Waals surface area contributed by atoms with E-state index in [1.807, 2.05) is 6.07 Å². The van der Waals surface area contributed by atoms with Gasteiger partial charge in [0.2, 0.25) is 0 Å². The van der Waals surface area contributed by atoms with Crippen LogP contribution in [-0.4, -0.2) is 18.2 Å². The minimum absolute atomic E-state index is 0.0342. The molecule has 15 heavy (non-hydrogen) atoms. The Morgan fingerprint density at radius 2 is 1.93 bits per heavy atom. The first-order chi connectivity index (χ1) is 7.31. The SMILES string of the molecule is O=Nc1ccc(N2CCCCC2)cc1O. The molecule has 1 aromatic rings. The highest BCUT2D eigenvalue weighted by atomic mass is 16.3. The normalized spacial score (nSPS) is 16.4. The lowest BCUT2D eigenvalue weighted by molar-refractivity contribution is 0.476. The van der Waals surface area contributed by atoms with Crippen molar-refractivity contribution in [2.75, 3.05) is 18.0 Å². The average molecular weight is 206 g/mol. The van der Waals surface area contributed by atoms with Gasteiger partial charge in [-0.1, -0.05) is 0 Å². The highest BCUT2D eigenvalue weighted by Gasteiger charge is 2.12. The first kappa shape index (κ1) is 9.96. The first-order valence-electron chi connectivity index (χ1n) is 5.22. The van der Waals surface area contributed by atoms with Crippen molar-refractivity contribution >= 4 is 11.4 Å². The molecule has 1 aromatic carbocycles. The molecule has 4 nitrogen and oxygen atoms in total. The molecule has 0 saturated carbocycles. The molecule has 4 heteroatoms. The number of phenols is 1. The number of hydrogen-bond acceptors (Lipinski definition) is 4. The minimum atomic E-state index is -0.0342. The number of piperidine rings is 1. The second-order valence-electron chi connectivity index (χ2n) is 3.81. The van der Waals surface area contributed by atoms with Gasteiger partial charge in [0.25, 0.3) is 0 Å². The largest absolute Gasteiger partial charge is 0.505 e. The predicted molar refractivity (Wildman–Crippen MR) is 59.6 cm³/mol. The summed E-state index contributed by atoms with van der Waals surface area (Å²) in [5, 5.41) is 12.2. The Kier molecular flexibility index (Phi) is 2.85. The highest BCUT2D eigenvalue weighted by molar-refractivity contribution is 5.61.